The molecule has 0 bridgehead atoms. The van der Waals surface area contributed by atoms with Gasteiger partial charge in [0.25, 0.3) is 0 Å². The number of hydrogen-bond acceptors (Lipinski definition) is 3. The fourth-order valence-corrected chi connectivity index (χ4v) is 1.91. The molecule has 0 saturated heterocycles. The molecule has 1 aromatic rings. The molecule has 0 unspecified atom stereocenters. The summed E-state index contributed by atoms with van der Waals surface area (Å²) in [5.41, 5.74) is 0. The summed E-state index contributed by atoms with van der Waals surface area (Å²) in [6.07, 6.45) is 5.58. The van der Waals surface area contributed by atoms with Crippen molar-refractivity contribution in [2.24, 2.45) is 0 Å². The summed E-state index contributed by atoms with van der Waals surface area (Å²) in [4.78, 5) is 11.3. The van der Waals surface area contributed by atoms with E-state index in [0.717, 1.165) is 25.6 Å². The summed E-state index contributed by atoms with van der Waals surface area (Å²) in [7, 11) is 0. The molecule has 1 heterocycles. The fraction of sp³-hybridized carbons (Fsp3) is 0.667. The Hall–Kier alpha value is -0.610. The van der Waals surface area contributed by atoms with Crippen LogP contribution in [0.15, 0.2) is 16.4 Å². The van der Waals surface area contributed by atoms with E-state index in [1.165, 1.54) is 24.2 Å². The largest absolute Gasteiger partial charge is 0.314 e. The SMILES string of the molecule is O=c1sccn1CCCNC1CC1. The third-order valence-electron chi connectivity index (χ3n) is 2.23. The van der Waals surface area contributed by atoms with Crippen LogP contribution in [-0.2, 0) is 6.54 Å². The van der Waals surface area contributed by atoms with E-state index in [-0.39, 0.29) is 4.87 Å². The highest BCUT2D eigenvalue weighted by atomic mass is 32.1. The van der Waals surface area contributed by atoms with Gasteiger partial charge in [-0.15, -0.1) is 0 Å². The van der Waals surface area contributed by atoms with Crippen molar-refractivity contribution in [1.29, 1.82) is 0 Å². The number of aromatic nitrogens is 1. The Morgan fingerprint density at radius 3 is 3.08 bits per heavy atom. The van der Waals surface area contributed by atoms with Gasteiger partial charge in [-0.25, -0.2) is 0 Å². The van der Waals surface area contributed by atoms with Gasteiger partial charge >= 0.3 is 4.87 Å². The molecular weight excluding hydrogens is 184 g/mol. The lowest BCUT2D eigenvalue weighted by molar-refractivity contribution is 0.575. The van der Waals surface area contributed by atoms with Crippen LogP contribution in [0.4, 0.5) is 0 Å². The lowest BCUT2D eigenvalue weighted by atomic mass is 10.4. The van der Waals surface area contributed by atoms with Gasteiger partial charge in [0.05, 0.1) is 0 Å². The maximum atomic E-state index is 11.1. The van der Waals surface area contributed by atoms with E-state index in [4.69, 9.17) is 0 Å². The van der Waals surface area contributed by atoms with Crippen LogP contribution in [0.1, 0.15) is 19.3 Å². The minimum atomic E-state index is 0.159. The number of thiazole rings is 1. The monoisotopic (exact) mass is 198 g/mol. The lowest BCUT2D eigenvalue weighted by Gasteiger charge is -2.02. The van der Waals surface area contributed by atoms with Crippen LogP contribution in [-0.4, -0.2) is 17.2 Å². The molecule has 2 rings (SSSR count). The molecule has 1 aliphatic carbocycles. The molecule has 72 valence electrons. The molecule has 0 aromatic carbocycles. The van der Waals surface area contributed by atoms with Gasteiger partial charge in [0.2, 0.25) is 0 Å². The van der Waals surface area contributed by atoms with Gasteiger partial charge in [0, 0.05) is 24.2 Å². The molecule has 0 spiro atoms. The molecule has 1 fully saturated rings. The molecule has 3 nitrogen and oxygen atoms in total. The molecule has 0 atom stereocenters. The summed E-state index contributed by atoms with van der Waals surface area (Å²) in [5.74, 6) is 0. The first-order valence-electron chi connectivity index (χ1n) is 4.73. The summed E-state index contributed by atoms with van der Waals surface area (Å²) in [6.45, 7) is 1.88. The standard InChI is InChI=1S/C9H14N2OS/c12-9-11(6-7-13-9)5-1-4-10-8-2-3-8/h6-8,10H,1-5H2. The van der Waals surface area contributed by atoms with E-state index < -0.39 is 0 Å². The molecule has 1 aromatic heterocycles. The molecule has 0 radical (unpaired) electrons. The van der Waals surface area contributed by atoms with Gasteiger partial charge in [0.15, 0.2) is 0 Å². The molecule has 4 heteroatoms. The van der Waals surface area contributed by atoms with E-state index in [1.54, 1.807) is 4.57 Å². The Balaban J connectivity index is 1.67. The summed E-state index contributed by atoms with van der Waals surface area (Å²) in [6, 6.07) is 0.777. The Morgan fingerprint density at radius 1 is 1.62 bits per heavy atom. The molecule has 0 aliphatic heterocycles. The Labute approximate surface area is 81.4 Å². The number of nitrogens with zero attached hydrogens (tertiary/aromatic N) is 1. The van der Waals surface area contributed by atoms with Gasteiger partial charge in [0.1, 0.15) is 0 Å². The van der Waals surface area contributed by atoms with Crippen molar-refractivity contribution in [3.05, 3.63) is 21.2 Å². The number of hydrogen-bond donors (Lipinski definition) is 1. The highest BCUT2D eigenvalue weighted by Crippen LogP contribution is 2.18. The maximum absolute atomic E-state index is 11.1. The molecule has 1 N–H and O–H groups in total. The Morgan fingerprint density at radius 2 is 2.46 bits per heavy atom. The van der Waals surface area contributed by atoms with Crippen molar-refractivity contribution < 1.29 is 0 Å². The fourth-order valence-electron chi connectivity index (χ4n) is 1.30. The quantitative estimate of drug-likeness (QED) is 0.718. The summed E-state index contributed by atoms with van der Waals surface area (Å²) < 4.78 is 1.78. The predicted octanol–water partition coefficient (Wildman–Crippen LogP) is 1.05. The third kappa shape index (κ3) is 2.67. The van der Waals surface area contributed by atoms with E-state index in [2.05, 4.69) is 5.32 Å². The minimum absolute atomic E-state index is 0.159. The van der Waals surface area contributed by atoms with Crippen LogP contribution in [0.25, 0.3) is 0 Å². The van der Waals surface area contributed by atoms with Crippen LogP contribution in [0.3, 0.4) is 0 Å². The number of rotatable bonds is 5. The normalized spacial score (nSPS) is 16.3. The van der Waals surface area contributed by atoms with Crippen molar-refractivity contribution in [3.8, 4) is 0 Å². The highest BCUT2D eigenvalue weighted by Gasteiger charge is 2.19. The van der Waals surface area contributed by atoms with Gasteiger partial charge in [-0.3, -0.25) is 4.79 Å². The van der Waals surface area contributed by atoms with Crippen LogP contribution < -0.4 is 10.2 Å². The zero-order valence-corrected chi connectivity index (χ0v) is 8.35. The van der Waals surface area contributed by atoms with Gasteiger partial charge in [-0.2, -0.15) is 0 Å². The molecule has 0 amide bonds. The zero-order chi connectivity index (χ0) is 9.10. The van der Waals surface area contributed by atoms with Crippen LogP contribution in [0, 0.1) is 0 Å². The van der Waals surface area contributed by atoms with Crippen molar-refractivity contribution in [1.82, 2.24) is 9.88 Å². The van der Waals surface area contributed by atoms with Crippen LogP contribution >= 0.6 is 11.3 Å². The van der Waals surface area contributed by atoms with Crippen LogP contribution in [0.2, 0.25) is 0 Å². The van der Waals surface area contributed by atoms with Crippen LogP contribution in [0.5, 0.6) is 0 Å². The average Bonchev–Trinajstić information content (AvgIpc) is 2.86. The van der Waals surface area contributed by atoms with E-state index in [1.807, 2.05) is 11.6 Å². The second-order valence-electron chi connectivity index (χ2n) is 3.44. The second kappa shape index (κ2) is 4.07. The minimum Gasteiger partial charge on any atom is -0.314 e. The maximum Gasteiger partial charge on any atom is 0.307 e. The summed E-state index contributed by atoms with van der Waals surface area (Å²) in [5, 5.41) is 5.27. The topological polar surface area (TPSA) is 34.0 Å². The van der Waals surface area contributed by atoms with E-state index in [9.17, 15) is 4.79 Å². The van der Waals surface area contributed by atoms with Gasteiger partial charge in [-0.05, 0) is 25.8 Å². The first-order valence-corrected chi connectivity index (χ1v) is 5.61. The van der Waals surface area contributed by atoms with Gasteiger partial charge < -0.3 is 9.88 Å². The number of nitrogens with one attached hydrogen (secondary N) is 1. The molecule has 1 aliphatic rings. The Bertz CT molecular complexity index is 313. The zero-order valence-electron chi connectivity index (χ0n) is 7.53. The first kappa shape index (κ1) is 8.97. The smallest absolute Gasteiger partial charge is 0.307 e. The van der Waals surface area contributed by atoms with Crippen molar-refractivity contribution >= 4 is 11.3 Å². The molecule has 13 heavy (non-hydrogen) atoms. The van der Waals surface area contributed by atoms with E-state index in [0.29, 0.717) is 0 Å². The van der Waals surface area contributed by atoms with Crippen molar-refractivity contribution in [2.75, 3.05) is 6.54 Å². The van der Waals surface area contributed by atoms with Crippen molar-refractivity contribution in [3.63, 3.8) is 0 Å². The Kier molecular flexibility index (Phi) is 2.80. The summed E-state index contributed by atoms with van der Waals surface area (Å²) >= 11 is 1.27. The number of aryl methyl sites for hydroxylation is 1. The molecular formula is C9H14N2OS. The van der Waals surface area contributed by atoms with Crippen molar-refractivity contribution in [2.45, 2.75) is 31.8 Å². The highest BCUT2D eigenvalue weighted by molar-refractivity contribution is 7.07. The predicted molar refractivity (Wildman–Crippen MR) is 54.2 cm³/mol. The molecule has 1 saturated carbocycles. The lowest BCUT2D eigenvalue weighted by Crippen LogP contribution is -2.20. The van der Waals surface area contributed by atoms with E-state index >= 15 is 0 Å². The first-order chi connectivity index (χ1) is 6.36. The second-order valence-corrected chi connectivity index (χ2v) is 4.30. The third-order valence-corrected chi connectivity index (χ3v) is 2.92. The average molecular weight is 198 g/mol. The van der Waals surface area contributed by atoms with Gasteiger partial charge in [-0.1, -0.05) is 11.3 Å².